The van der Waals surface area contributed by atoms with Crippen LogP contribution in [0.15, 0.2) is 18.2 Å². The van der Waals surface area contributed by atoms with Crippen molar-refractivity contribution < 1.29 is 4.79 Å². The predicted octanol–water partition coefficient (Wildman–Crippen LogP) is 2.28. The molecule has 1 saturated heterocycles. The third kappa shape index (κ3) is 2.93. The first-order chi connectivity index (χ1) is 11.6. The number of fused-ring (bicyclic) bond motifs is 1. The van der Waals surface area contributed by atoms with E-state index in [9.17, 15) is 4.79 Å². The first kappa shape index (κ1) is 15.6. The van der Waals surface area contributed by atoms with Crippen LogP contribution in [0.25, 0.3) is 11.0 Å². The second kappa shape index (κ2) is 6.20. The fourth-order valence-corrected chi connectivity index (χ4v) is 3.97. The normalized spacial score (nSPS) is 24.2. The lowest BCUT2D eigenvalue weighted by Gasteiger charge is -2.31. The minimum atomic E-state index is 0.114. The van der Waals surface area contributed by atoms with Crippen molar-refractivity contribution in [1.82, 2.24) is 20.2 Å². The molecule has 2 N–H and O–H groups in total. The highest BCUT2D eigenvalue weighted by Gasteiger charge is 2.40. The van der Waals surface area contributed by atoms with Gasteiger partial charge >= 0.3 is 0 Å². The predicted molar refractivity (Wildman–Crippen MR) is 94.5 cm³/mol. The van der Waals surface area contributed by atoms with E-state index in [2.05, 4.69) is 45.3 Å². The number of rotatable bonds is 4. The summed E-state index contributed by atoms with van der Waals surface area (Å²) < 4.78 is 2.08. The molecule has 1 aliphatic heterocycles. The Hall–Kier alpha value is -1.88. The van der Waals surface area contributed by atoms with Crippen LogP contribution in [0, 0.1) is 18.8 Å². The molecule has 1 aromatic carbocycles. The summed E-state index contributed by atoms with van der Waals surface area (Å²) in [6.45, 7) is 3.62. The summed E-state index contributed by atoms with van der Waals surface area (Å²) in [6.07, 6.45) is 4.63. The Morgan fingerprint density at radius 1 is 1.38 bits per heavy atom. The van der Waals surface area contributed by atoms with Crippen molar-refractivity contribution in [2.45, 2.75) is 45.2 Å². The van der Waals surface area contributed by atoms with Gasteiger partial charge in [-0.2, -0.15) is 0 Å². The first-order valence-corrected chi connectivity index (χ1v) is 9.06. The summed E-state index contributed by atoms with van der Waals surface area (Å²) in [5.41, 5.74) is 3.31. The Balaban J connectivity index is 1.46. The van der Waals surface area contributed by atoms with Crippen molar-refractivity contribution in [3.05, 3.63) is 29.6 Å². The van der Waals surface area contributed by atoms with E-state index < -0.39 is 0 Å². The number of amides is 1. The SMILES string of the molecule is Cc1ccc2c(c1)nc(CNC(=O)[C@@H]1CCCN[C@@H]1C1CC1)n2C. The van der Waals surface area contributed by atoms with Crippen LogP contribution in [0.4, 0.5) is 0 Å². The fourth-order valence-electron chi connectivity index (χ4n) is 3.97. The molecule has 0 bridgehead atoms. The van der Waals surface area contributed by atoms with Crippen LogP contribution in [0.2, 0.25) is 0 Å². The number of imidazole rings is 1. The summed E-state index contributed by atoms with van der Waals surface area (Å²) in [5.74, 6) is 1.92. The third-order valence-corrected chi connectivity index (χ3v) is 5.52. The molecule has 1 saturated carbocycles. The summed E-state index contributed by atoms with van der Waals surface area (Å²) in [7, 11) is 2.02. The van der Waals surface area contributed by atoms with Crippen LogP contribution in [0.1, 0.15) is 37.1 Å². The smallest absolute Gasteiger partial charge is 0.225 e. The van der Waals surface area contributed by atoms with Gasteiger partial charge in [-0.15, -0.1) is 0 Å². The maximum absolute atomic E-state index is 12.7. The number of nitrogens with one attached hydrogen (secondary N) is 2. The maximum atomic E-state index is 12.7. The van der Waals surface area contributed by atoms with Crippen LogP contribution in [-0.2, 0) is 18.4 Å². The molecule has 2 aromatic rings. The lowest BCUT2D eigenvalue weighted by molar-refractivity contribution is -0.127. The molecule has 24 heavy (non-hydrogen) atoms. The van der Waals surface area contributed by atoms with E-state index in [0.29, 0.717) is 18.5 Å². The zero-order valence-electron chi connectivity index (χ0n) is 14.5. The van der Waals surface area contributed by atoms with E-state index in [1.54, 1.807) is 0 Å². The van der Waals surface area contributed by atoms with Gasteiger partial charge in [-0.3, -0.25) is 4.79 Å². The van der Waals surface area contributed by atoms with Crippen LogP contribution >= 0.6 is 0 Å². The molecule has 2 aliphatic rings. The summed E-state index contributed by atoms with van der Waals surface area (Å²) in [5, 5.41) is 6.70. The van der Waals surface area contributed by atoms with Crippen molar-refractivity contribution in [3.63, 3.8) is 0 Å². The third-order valence-electron chi connectivity index (χ3n) is 5.52. The molecule has 0 unspecified atom stereocenters. The van der Waals surface area contributed by atoms with E-state index in [-0.39, 0.29) is 11.8 Å². The molecule has 2 heterocycles. The summed E-state index contributed by atoms with van der Waals surface area (Å²) in [6, 6.07) is 6.66. The van der Waals surface area contributed by atoms with Gasteiger partial charge in [-0.1, -0.05) is 6.07 Å². The lowest BCUT2D eigenvalue weighted by Crippen LogP contribution is -2.49. The zero-order valence-corrected chi connectivity index (χ0v) is 14.5. The van der Waals surface area contributed by atoms with Crippen LogP contribution in [-0.4, -0.2) is 28.0 Å². The van der Waals surface area contributed by atoms with Crippen molar-refractivity contribution in [1.29, 1.82) is 0 Å². The molecule has 1 aromatic heterocycles. The molecule has 1 aliphatic carbocycles. The average Bonchev–Trinajstić information content (AvgIpc) is 3.38. The van der Waals surface area contributed by atoms with E-state index in [4.69, 9.17) is 0 Å². The van der Waals surface area contributed by atoms with Gasteiger partial charge in [0.1, 0.15) is 5.82 Å². The summed E-state index contributed by atoms with van der Waals surface area (Å²) >= 11 is 0. The highest BCUT2D eigenvalue weighted by atomic mass is 16.1. The second-order valence-corrected chi connectivity index (χ2v) is 7.36. The first-order valence-electron chi connectivity index (χ1n) is 9.06. The van der Waals surface area contributed by atoms with E-state index in [0.717, 1.165) is 36.2 Å². The molecule has 1 amide bonds. The van der Waals surface area contributed by atoms with E-state index in [1.807, 2.05) is 7.05 Å². The van der Waals surface area contributed by atoms with Gasteiger partial charge in [0.05, 0.1) is 23.5 Å². The highest BCUT2D eigenvalue weighted by Crippen LogP contribution is 2.38. The number of aryl methyl sites for hydroxylation is 2. The van der Waals surface area contributed by atoms with Crippen molar-refractivity contribution >= 4 is 16.9 Å². The topological polar surface area (TPSA) is 59.0 Å². The number of nitrogens with zero attached hydrogens (tertiary/aromatic N) is 2. The van der Waals surface area contributed by atoms with Gasteiger partial charge in [0.15, 0.2) is 0 Å². The minimum absolute atomic E-state index is 0.114. The number of carbonyl (C=O) groups is 1. The van der Waals surface area contributed by atoms with Gasteiger partial charge in [0.25, 0.3) is 0 Å². The van der Waals surface area contributed by atoms with Crippen molar-refractivity contribution in [2.24, 2.45) is 18.9 Å². The monoisotopic (exact) mass is 326 g/mol. The van der Waals surface area contributed by atoms with E-state index in [1.165, 1.54) is 18.4 Å². The Kier molecular flexibility index (Phi) is 4.04. The number of piperidine rings is 1. The molecule has 128 valence electrons. The Bertz CT molecular complexity index is 762. The maximum Gasteiger partial charge on any atom is 0.225 e. The number of hydrogen-bond acceptors (Lipinski definition) is 3. The average molecular weight is 326 g/mol. The molecular weight excluding hydrogens is 300 g/mol. The highest BCUT2D eigenvalue weighted by molar-refractivity contribution is 5.80. The molecule has 2 fully saturated rings. The Morgan fingerprint density at radius 2 is 2.21 bits per heavy atom. The lowest BCUT2D eigenvalue weighted by atomic mass is 9.87. The zero-order chi connectivity index (χ0) is 16.7. The number of hydrogen-bond donors (Lipinski definition) is 2. The molecular formula is C19H26N4O. The second-order valence-electron chi connectivity index (χ2n) is 7.36. The Morgan fingerprint density at radius 3 is 3.00 bits per heavy atom. The van der Waals surface area contributed by atoms with Crippen molar-refractivity contribution in [3.8, 4) is 0 Å². The molecule has 2 atom stereocenters. The van der Waals surface area contributed by atoms with Crippen LogP contribution < -0.4 is 10.6 Å². The largest absolute Gasteiger partial charge is 0.349 e. The van der Waals surface area contributed by atoms with Gasteiger partial charge in [-0.05, 0) is 62.8 Å². The van der Waals surface area contributed by atoms with Crippen LogP contribution in [0.3, 0.4) is 0 Å². The van der Waals surface area contributed by atoms with Crippen molar-refractivity contribution in [2.75, 3.05) is 6.54 Å². The molecule has 5 nitrogen and oxygen atoms in total. The molecule has 5 heteroatoms. The molecule has 4 rings (SSSR count). The minimum Gasteiger partial charge on any atom is -0.349 e. The number of aromatic nitrogens is 2. The van der Waals surface area contributed by atoms with Gasteiger partial charge < -0.3 is 15.2 Å². The van der Waals surface area contributed by atoms with Gasteiger partial charge in [0, 0.05) is 13.1 Å². The molecule has 0 radical (unpaired) electrons. The number of benzene rings is 1. The Labute approximate surface area is 142 Å². The van der Waals surface area contributed by atoms with Gasteiger partial charge in [0.2, 0.25) is 5.91 Å². The van der Waals surface area contributed by atoms with E-state index >= 15 is 0 Å². The summed E-state index contributed by atoms with van der Waals surface area (Å²) in [4.78, 5) is 17.4. The fraction of sp³-hybridized carbons (Fsp3) is 0.579. The standard InChI is InChI=1S/C19H26N4O/c1-12-5-8-16-15(10-12)22-17(23(16)2)11-21-19(24)14-4-3-9-20-18(14)13-6-7-13/h5,8,10,13-14,18,20H,3-4,6-7,9,11H2,1-2H3,(H,21,24)/t14-,18-/m1/s1. The van der Waals surface area contributed by atoms with Gasteiger partial charge in [-0.25, -0.2) is 4.98 Å². The molecule has 0 spiro atoms. The van der Waals surface area contributed by atoms with Crippen LogP contribution in [0.5, 0.6) is 0 Å². The quantitative estimate of drug-likeness (QED) is 0.906. The number of carbonyl (C=O) groups excluding carboxylic acids is 1.